The Kier molecular flexibility index (Phi) is 10.4. The lowest BCUT2D eigenvalue weighted by Gasteiger charge is -2.10. The van der Waals surface area contributed by atoms with E-state index in [0.717, 1.165) is 11.1 Å². The minimum Gasteiger partial charge on any atom is -0.479 e. The number of esters is 1. The third-order valence-electron chi connectivity index (χ3n) is 3.57. The average molecular weight is 374 g/mol. The van der Waals surface area contributed by atoms with Crippen molar-refractivity contribution >= 4 is 11.9 Å². The van der Waals surface area contributed by atoms with Crippen LogP contribution in [0.25, 0.3) is 0 Å². The van der Waals surface area contributed by atoms with Crippen LogP contribution in [0.3, 0.4) is 0 Å². The molecule has 1 N–H and O–H groups in total. The maximum Gasteiger partial charge on any atom is 0.334 e. The number of carbonyl (C=O) groups excluding carboxylic acids is 1. The van der Waals surface area contributed by atoms with Crippen molar-refractivity contribution in [2.75, 3.05) is 7.11 Å². The summed E-state index contributed by atoms with van der Waals surface area (Å²) >= 11 is 0. The van der Waals surface area contributed by atoms with Crippen molar-refractivity contribution in [2.45, 2.75) is 39.3 Å². The zero-order chi connectivity index (χ0) is 20.1. The fourth-order valence-corrected chi connectivity index (χ4v) is 1.90. The van der Waals surface area contributed by atoms with E-state index in [1.54, 1.807) is 6.92 Å². The number of carboxylic acids is 1. The Balaban J connectivity index is 0.000000271. The number of rotatable bonds is 8. The highest BCUT2D eigenvalue weighted by atomic mass is 16.6. The van der Waals surface area contributed by atoms with Crippen LogP contribution in [0.4, 0.5) is 0 Å². The van der Waals surface area contributed by atoms with E-state index in [0.29, 0.717) is 13.2 Å². The minimum atomic E-state index is -0.934. The van der Waals surface area contributed by atoms with E-state index in [9.17, 15) is 9.59 Å². The van der Waals surface area contributed by atoms with Gasteiger partial charge in [-0.25, -0.2) is 9.59 Å². The normalized spacial score (nSPS) is 12.3. The highest BCUT2D eigenvalue weighted by molar-refractivity contribution is 5.73. The van der Waals surface area contributed by atoms with Crippen LogP contribution in [-0.2, 0) is 37.0 Å². The van der Waals surface area contributed by atoms with E-state index >= 15 is 0 Å². The molecular formula is C21H26O6. The maximum absolute atomic E-state index is 11.0. The van der Waals surface area contributed by atoms with E-state index in [4.69, 9.17) is 14.6 Å². The molecular weight excluding hydrogens is 348 g/mol. The first-order valence-electron chi connectivity index (χ1n) is 8.55. The summed E-state index contributed by atoms with van der Waals surface area (Å²) in [5.74, 6) is -1.28. The number of benzene rings is 2. The molecule has 2 atom stereocenters. The first kappa shape index (κ1) is 22.3. The lowest BCUT2D eigenvalue weighted by atomic mass is 10.2. The largest absolute Gasteiger partial charge is 0.479 e. The van der Waals surface area contributed by atoms with Gasteiger partial charge in [-0.1, -0.05) is 60.7 Å². The fraction of sp³-hybridized carbons (Fsp3) is 0.333. The number of hydrogen-bond acceptors (Lipinski definition) is 5. The molecule has 27 heavy (non-hydrogen) atoms. The summed E-state index contributed by atoms with van der Waals surface area (Å²) in [5.41, 5.74) is 2.03. The third kappa shape index (κ3) is 9.53. The summed E-state index contributed by atoms with van der Waals surface area (Å²) in [7, 11) is 1.35. The van der Waals surface area contributed by atoms with Crippen molar-refractivity contribution in [3.63, 3.8) is 0 Å². The smallest absolute Gasteiger partial charge is 0.334 e. The molecule has 0 bridgehead atoms. The van der Waals surface area contributed by atoms with Crippen molar-refractivity contribution in [1.29, 1.82) is 0 Å². The average Bonchev–Trinajstić information content (AvgIpc) is 2.71. The van der Waals surface area contributed by atoms with E-state index in [-0.39, 0.29) is 5.97 Å². The molecule has 0 spiro atoms. The molecule has 2 aromatic carbocycles. The lowest BCUT2D eigenvalue weighted by molar-refractivity contribution is -0.153. The fourth-order valence-electron chi connectivity index (χ4n) is 1.90. The molecule has 2 rings (SSSR count). The Bertz CT molecular complexity index is 672. The van der Waals surface area contributed by atoms with Crippen molar-refractivity contribution in [3.8, 4) is 0 Å². The van der Waals surface area contributed by atoms with Gasteiger partial charge < -0.3 is 19.3 Å². The van der Waals surface area contributed by atoms with Crippen molar-refractivity contribution in [3.05, 3.63) is 71.8 Å². The highest BCUT2D eigenvalue weighted by Gasteiger charge is 2.12. The van der Waals surface area contributed by atoms with Crippen LogP contribution in [0.15, 0.2) is 60.7 Å². The summed E-state index contributed by atoms with van der Waals surface area (Å²) < 4.78 is 14.9. The summed E-state index contributed by atoms with van der Waals surface area (Å²) in [6, 6.07) is 19.2. The van der Waals surface area contributed by atoms with Crippen LogP contribution >= 0.6 is 0 Å². The van der Waals surface area contributed by atoms with Gasteiger partial charge in [-0.15, -0.1) is 0 Å². The zero-order valence-corrected chi connectivity index (χ0v) is 15.8. The number of aliphatic carboxylic acids is 1. The van der Waals surface area contributed by atoms with Crippen LogP contribution in [0.2, 0.25) is 0 Å². The van der Waals surface area contributed by atoms with Gasteiger partial charge in [0.2, 0.25) is 0 Å². The molecule has 0 saturated carbocycles. The first-order valence-corrected chi connectivity index (χ1v) is 8.55. The molecule has 0 radical (unpaired) electrons. The van der Waals surface area contributed by atoms with Crippen LogP contribution in [0.1, 0.15) is 25.0 Å². The molecule has 6 nitrogen and oxygen atoms in total. The van der Waals surface area contributed by atoms with Crippen molar-refractivity contribution in [1.82, 2.24) is 0 Å². The maximum atomic E-state index is 11.0. The molecule has 0 aliphatic carbocycles. The van der Waals surface area contributed by atoms with Crippen molar-refractivity contribution in [2.24, 2.45) is 0 Å². The first-order chi connectivity index (χ1) is 12.9. The van der Waals surface area contributed by atoms with E-state index < -0.39 is 18.2 Å². The molecule has 0 heterocycles. The molecule has 0 saturated heterocycles. The Morgan fingerprint density at radius 2 is 1.22 bits per heavy atom. The number of methoxy groups -OCH3 is 1. The van der Waals surface area contributed by atoms with E-state index in [2.05, 4.69) is 4.74 Å². The molecule has 6 heteroatoms. The van der Waals surface area contributed by atoms with Gasteiger partial charge in [0.1, 0.15) is 0 Å². The van der Waals surface area contributed by atoms with Crippen LogP contribution in [-0.4, -0.2) is 36.4 Å². The highest BCUT2D eigenvalue weighted by Crippen LogP contribution is 2.04. The second-order valence-electron chi connectivity index (χ2n) is 5.74. The van der Waals surface area contributed by atoms with Gasteiger partial charge in [-0.05, 0) is 25.0 Å². The molecule has 0 aliphatic heterocycles. The van der Waals surface area contributed by atoms with Gasteiger partial charge in [0.25, 0.3) is 0 Å². The van der Waals surface area contributed by atoms with Gasteiger partial charge in [-0.3, -0.25) is 0 Å². The molecule has 2 aromatic rings. The predicted molar refractivity (Wildman–Crippen MR) is 101 cm³/mol. The quantitative estimate of drug-likeness (QED) is 0.713. The molecule has 0 fully saturated rings. The number of ether oxygens (including phenoxy) is 3. The molecule has 0 aromatic heterocycles. The molecule has 0 amide bonds. The van der Waals surface area contributed by atoms with E-state index in [1.165, 1.54) is 14.0 Å². The van der Waals surface area contributed by atoms with Gasteiger partial charge in [0.05, 0.1) is 20.3 Å². The monoisotopic (exact) mass is 374 g/mol. The van der Waals surface area contributed by atoms with Gasteiger partial charge in [0, 0.05) is 0 Å². The summed E-state index contributed by atoms with van der Waals surface area (Å²) in [4.78, 5) is 21.4. The molecule has 0 unspecified atom stereocenters. The minimum absolute atomic E-state index is 0.342. The Hall–Kier alpha value is -2.70. The van der Waals surface area contributed by atoms with E-state index in [1.807, 2.05) is 60.7 Å². The second-order valence-corrected chi connectivity index (χ2v) is 5.74. The Labute approximate surface area is 159 Å². The Morgan fingerprint density at radius 3 is 1.59 bits per heavy atom. The summed E-state index contributed by atoms with van der Waals surface area (Å²) in [6.07, 6.45) is -1.26. The lowest BCUT2D eigenvalue weighted by Crippen LogP contribution is -2.21. The molecule has 146 valence electrons. The Morgan fingerprint density at radius 1 is 0.815 bits per heavy atom. The summed E-state index contributed by atoms with van der Waals surface area (Å²) in [6.45, 7) is 3.96. The zero-order valence-electron chi connectivity index (χ0n) is 15.8. The van der Waals surface area contributed by atoms with Crippen LogP contribution < -0.4 is 0 Å². The van der Waals surface area contributed by atoms with Crippen molar-refractivity contribution < 1.29 is 28.9 Å². The SMILES string of the molecule is COC(=O)[C@H](C)OCc1ccccc1.C[C@H](OCc1ccccc1)C(=O)O. The standard InChI is InChI=1S/C11H14O3.C10H12O3/c1-9(11(12)13-2)14-8-10-6-4-3-5-7-10;1-8(10(11)12)13-7-9-5-3-2-4-6-9/h3-7,9H,8H2,1-2H3;2-6,8H,7H2,1H3,(H,11,12)/t9-;8-/m00/s1. The third-order valence-corrected chi connectivity index (χ3v) is 3.57. The van der Waals surface area contributed by atoms with Gasteiger partial charge in [0.15, 0.2) is 12.2 Å². The topological polar surface area (TPSA) is 82.1 Å². The number of hydrogen-bond donors (Lipinski definition) is 1. The summed E-state index contributed by atoms with van der Waals surface area (Å²) in [5, 5.41) is 8.54. The van der Waals surface area contributed by atoms with Crippen LogP contribution in [0, 0.1) is 0 Å². The number of carboxylic acid groups (broad SMARTS) is 1. The van der Waals surface area contributed by atoms with Crippen LogP contribution in [0.5, 0.6) is 0 Å². The van der Waals surface area contributed by atoms with Gasteiger partial charge >= 0.3 is 11.9 Å². The second kappa shape index (κ2) is 12.6. The number of carbonyl (C=O) groups is 2. The molecule has 0 aliphatic rings. The van der Waals surface area contributed by atoms with Gasteiger partial charge in [-0.2, -0.15) is 0 Å². The predicted octanol–water partition coefficient (Wildman–Crippen LogP) is 3.44.